The highest BCUT2D eigenvalue weighted by Gasteiger charge is 1.88. The normalized spacial score (nSPS) is 7.50. The van der Waals surface area contributed by atoms with Crippen LogP contribution in [0.3, 0.4) is 0 Å². The van der Waals surface area contributed by atoms with Gasteiger partial charge in [-0.25, -0.2) is 0 Å². The van der Waals surface area contributed by atoms with Gasteiger partial charge in [0.2, 0.25) is 0 Å². The monoisotopic (exact) mass is 170 g/mol. The molecule has 2 nitrogen and oxygen atoms in total. The van der Waals surface area contributed by atoms with Crippen molar-refractivity contribution in [1.82, 2.24) is 9.78 Å². The molecule has 0 saturated heterocycles. The van der Waals surface area contributed by atoms with Crippen molar-refractivity contribution in [2.24, 2.45) is 0 Å². The van der Waals surface area contributed by atoms with Crippen LogP contribution in [0.15, 0.2) is 12.3 Å². The molecule has 1 heterocycles. The quantitative estimate of drug-likeness (QED) is 0.632. The summed E-state index contributed by atoms with van der Waals surface area (Å²) in [6.07, 6.45) is 1.82. The Morgan fingerprint density at radius 3 is 1.92 bits per heavy atom. The van der Waals surface area contributed by atoms with Crippen molar-refractivity contribution in [3.63, 3.8) is 0 Å². The number of hydrogen-bond acceptors (Lipinski definition) is 1. The summed E-state index contributed by atoms with van der Waals surface area (Å²) >= 11 is 0. The number of rotatable bonds is 1. The van der Waals surface area contributed by atoms with Gasteiger partial charge >= 0.3 is 0 Å². The van der Waals surface area contributed by atoms with Gasteiger partial charge in [0.15, 0.2) is 0 Å². The molecular weight excluding hydrogens is 148 g/mol. The third kappa shape index (κ3) is 4.94. The number of nitrogens with zero attached hydrogens (tertiary/aromatic N) is 2. The summed E-state index contributed by atoms with van der Waals surface area (Å²) in [5.41, 5.74) is 1.23. The van der Waals surface area contributed by atoms with Crippen molar-refractivity contribution in [1.29, 1.82) is 0 Å². The van der Waals surface area contributed by atoms with Gasteiger partial charge in [0, 0.05) is 18.4 Å². The Morgan fingerprint density at radius 2 is 1.75 bits per heavy atom. The summed E-state index contributed by atoms with van der Waals surface area (Å²) in [5.74, 6) is 0. The first kappa shape index (κ1) is 13.8. The molecule has 0 aliphatic carbocycles. The molecule has 2 heteroatoms. The molecule has 0 unspecified atom stereocenters. The molecule has 1 rings (SSSR count). The van der Waals surface area contributed by atoms with Crippen molar-refractivity contribution in [3.8, 4) is 0 Å². The zero-order chi connectivity index (χ0) is 9.98. The molecule has 0 aliphatic heterocycles. The minimum atomic E-state index is 0.971. The van der Waals surface area contributed by atoms with Crippen LogP contribution < -0.4 is 0 Å². The second kappa shape index (κ2) is 10.2. The van der Waals surface area contributed by atoms with Gasteiger partial charge in [0.25, 0.3) is 0 Å². The van der Waals surface area contributed by atoms with E-state index >= 15 is 0 Å². The first-order chi connectivity index (χ1) is 5.84. The summed E-state index contributed by atoms with van der Waals surface area (Å²) in [5, 5.41) is 4.05. The summed E-state index contributed by atoms with van der Waals surface area (Å²) < 4.78 is 1.96. The minimum Gasteiger partial charge on any atom is -0.270 e. The largest absolute Gasteiger partial charge is 0.270 e. The molecule has 0 amide bonds. The van der Waals surface area contributed by atoms with Crippen molar-refractivity contribution in [3.05, 3.63) is 18.0 Å². The topological polar surface area (TPSA) is 17.8 Å². The molecular formula is C10H22N2. The molecule has 0 atom stereocenters. The third-order valence-electron chi connectivity index (χ3n) is 1.23. The lowest BCUT2D eigenvalue weighted by Crippen LogP contribution is -1.97. The zero-order valence-electron chi connectivity index (χ0n) is 9.26. The van der Waals surface area contributed by atoms with E-state index in [1.54, 1.807) is 0 Å². The maximum absolute atomic E-state index is 4.05. The van der Waals surface area contributed by atoms with Crippen molar-refractivity contribution in [2.75, 3.05) is 0 Å². The average molecular weight is 170 g/mol. The highest BCUT2D eigenvalue weighted by atomic mass is 15.3. The maximum atomic E-state index is 4.05. The van der Waals surface area contributed by atoms with E-state index < -0.39 is 0 Å². The maximum Gasteiger partial charge on any atom is 0.0492 e. The van der Waals surface area contributed by atoms with Crippen LogP contribution in [0.2, 0.25) is 0 Å². The smallest absolute Gasteiger partial charge is 0.0492 e. The summed E-state index contributed by atoms with van der Waals surface area (Å²) in [6.45, 7) is 13.1. The van der Waals surface area contributed by atoms with Crippen molar-refractivity contribution in [2.45, 2.75) is 48.1 Å². The highest BCUT2D eigenvalue weighted by Crippen LogP contribution is 1.93. The van der Waals surface area contributed by atoms with E-state index in [1.165, 1.54) is 5.69 Å². The van der Waals surface area contributed by atoms with Crippen LogP contribution in [-0.4, -0.2) is 9.78 Å². The van der Waals surface area contributed by atoms with Crippen LogP contribution in [0.5, 0.6) is 0 Å². The van der Waals surface area contributed by atoms with Gasteiger partial charge in [-0.1, -0.05) is 27.7 Å². The molecule has 72 valence electrons. The second-order valence-corrected chi connectivity index (χ2v) is 1.79. The van der Waals surface area contributed by atoms with E-state index in [0.717, 1.165) is 6.54 Å². The van der Waals surface area contributed by atoms with E-state index in [2.05, 4.69) is 18.9 Å². The Morgan fingerprint density at radius 1 is 1.25 bits per heavy atom. The summed E-state index contributed by atoms with van der Waals surface area (Å²) in [6, 6.07) is 2.00. The summed E-state index contributed by atoms with van der Waals surface area (Å²) in [4.78, 5) is 0. The molecule has 0 saturated carbocycles. The van der Waals surface area contributed by atoms with Gasteiger partial charge in [-0.2, -0.15) is 5.10 Å². The van der Waals surface area contributed by atoms with Crippen LogP contribution in [0.1, 0.15) is 40.3 Å². The summed E-state index contributed by atoms with van der Waals surface area (Å²) in [7, 11) is 0. The van der Waals surface area contributed by atoms with E-state index in [1.807, 2.05) is 44.6 Å². The Bertz CT molecular complexity index is 168. The van der Waals surface area contributed by atoms with E-state index in [0.29, 0.717) is 0 Å². The van der Waals surface area contributed by atoms with Gasteiger partial charge in [-0.05, 0) is 19.9 Å². The lowest BCUT2D eigenvalue weighted by molar-refractivity contribution is 0.640. The first-order valence-electron chi connectivity index (χ1n) is 4.83. The van der Waals surface area contributed by atoms with Crippen LogP contribution in [-0.2, 0) is 6.54 Å². The van der Waals surface area contributed by atoms with Crippen molar-refractivity contribution >= 4 is 0 Å². The lowest BCUT2D eigenvalue weighted by atomic mass is 10.5. The fourth-order valence-electron chi connectivity index (χ4n) is 0.730. The second-order valence-electron chi connectivity index (χ2n) is 1.79. The Balaban J connectivity index is 0. The Hall–Kier alpha value is -0.790. The van der Waals surface area contributed by atoms with Gasteiger partial charge in [0.05, 0.1) is 0 Å². The molecule has 0 N–H and O–H groups in total. The van der Waals surface area contributed by atoms with Crippen LogP contribution in [0.4, 0.5) is 0 Å². The third-order valence-corrected chi connectivity index (χ3v) is 1.23. The van der Waals surface area contributed by atoms with E-state index in [4.69, 9.17) is 0 Å². The van der Waals surface area contributed by atoms with Crippen LogP contribution in [0.25, 0.3) is 0 Å². The fourth-order valence-corrected chi connectivity index (χ4v) is 0.730. The van der Waals surface area contributed by atoms with E-state index in [9.17, 15) is 0 Å². The number of aryl methyl sites for hydroxylation is 2. The predicted octanol–water partition coefficient (Wildman–Crippen LogP) is 3.26. The molecule has 0 radical (unpaired) electrons. The van der Waals surface area contributed by atoms with Crippen LogP contribution in [0, 0.1) is 6.92 Å². The average Bonchev–Trinajstić information content (AvgIpc) is 2.58. The Kier molecular flexibility index (Phi) is 11.7. The molecule has 0 fully saturated rings. The van der Waals surface area contributed by atoms with Gasteiger partial charge in [0.1, 0.15) is 0 Å². The standard InChI is InChI=1S/C6H10N2.2C2H6/c1-3-8-6(2)4-5-7-8;2*1-2/h4-5H,3H2,1-2H3;2*1-2H3. The fraction of sp³-hybridized carbons (Fsp3) is 0.700. The number of aromatic nitrogens is 2. The van der Waals surface area contributed by atoms with Gasteiger partial charge < -0.3 is 0 Å². The predicted molar refractivity (Wildman–Crippen MR) is 55.3 cm³/mol. The SMILES string of the molecule is CC.CC.CCn1nccc1C. The van der Waals surface area contributed by atoms with E-state index in [-0.39, 0.29) is 0 Å². The lowest BCUT2D eigenvalue weighted by Gasteiger charge is -1.94. The van der Waals surface area contributed by atoms with Gasteiger partial charge in [-0.3, -0.25) is 4.68 Å². The first-order valence-corrected chi connectivity index (χ1v) is 4.83. The zero-order valence-corrected chi connectivity index (χ0v) is 9.26. The molecule has 0 aromatic carbocycles. The molecule has 12 heavy (non-hydrogen) atoms. The molecule has 0 bridgehead atoms. The van der Waals surface area contributed by atoms with Crippen molar-refractivity contribution < 1.29 is 0 Å². The Labute approximate surface area is 76.6 Å². The molecule has 0 aliphatic rings. The molecule has 1 aromatic rings. The minimum absolute atomic E-state index is 0.971. The number of hydrogen-bond donors (Lipinski definition) is 0. The van der Waals surface area contributed by atoms with Gasteiger partial charge in [-0.15, -0.1) is 0 Å². The highest BCUT2D eigenvalue weighted by molar-refractivity contribution is 4.95. The van der Waals surface area contributed by atoms with Crippen LogP contribution >= 0.6 is 0 Å². The molecule has 0 spiro atoms. The molecule has 1 aromatic heterocycles.